The van der Waals surface area contributed by atoms with Crippen LogP contribution in [-0.4, -0.2) is 143 Å². The van der Waals surface area contributed by atoms with Gasteiger partial charge in [0.1, 0.15) is 42.4 Å². The summed E-state index contributed by atoms with van der Waals surface area (Å²) in [6, 6.07) is 18.3. The molecule has 0 unspecified atom stereocenters. The van der Waals surface area contributed by atoms with E-state index >= 15 is 0 Å². The first kappa shape index (κ1) is 64.0. The second-order valence-corrected chi connectivity index (χ2v) is 25.0. The Morgan fingerprint density at radius 1 is 0.679 bits per heavy atom. The first-order valence-corrected chi connectivity index (χ1v) is 29.8. The van der Waals surface area contributed by atoms with E-state index in [4.69, 9.17) is 15.2 Å². The maximum Gasteiger partial charge on any atom is 0.410 e. The lowest BCUT2D eigenvalue weighted by Gasteiger charge is -2.37. The molecule has 84 heavy (non-hydrogen) atoms. The van der Waals surface area contributed by atoms with Crippen molar-refractivity contribution in [3.8, 4) is 0 Å². The van der Waals surface area contributed by atoms with Crippen LogP contribution in [0.1, 0.15) is 159 Å². The average molecular weight is 1160 g/mol. The van der Waals surface area contributed by atoms with Crippen LogP contribution in [0.15, 0.2) is 78.9 Å². The van der Waals surface area contributed by atoms with E-state index in [-0.39, 0.29) is 101 Å². The van der Waals surface area contributed by atoms with Crippen LogP contribution in [0.2, 0.25) is 0 Å². The van der Waals surface area contributed by atoms with Gasteiger partial charge in [-0.25, -0.2) is 9.59 Å². The number of rotatable bonds is 21. The predicted molar refractivity (Wildman–Crippen MR) is 315 cm³/mol. The highest BCUT2D eigenvalue weighted by atomic mass is 16.6. The number of aryl methyl sites for hydroxylation is 2. The van der Waals surface area contributed by atoms with Crippen LogP contribution in [0.3, 0.4) is 0 Å². The van der Waals surface area contributed by atoms with Gasteiger partial charge in [0.05, 0.1) is 12.1 Å². The number of hydrogen-bond acceptors (Lipinski definition) is 12. The van der Waals surface area contributed by atoms with Gasteiger partial charge >= 0.3 is 12.2 Å². The molecular weight excluding hydrogens is 1070 g/mol. The standard InChI is InChI=1S/C63H88N10O11/c1-39(71(8)61(82)84-63(5,6)7)55(76)70-54(62(2,3)4)59(80)73-37-44(35-51(73)57(78)68-48-29-17-25-42-23-13-15-27-46(42)48)66-53(75)32-18-31-52(74)65-33-19-30-49(69-60(81)83-38-40-20-10-9-11-21-40)58(79)72-36-43(64)34-50(72)56(77)67-47-28-16-24-41-22-12-14-26-45(41)47/h9-15,20-23,26-27,39,43-44,47-51,54H,16-19,24-25,28-38,64H2,1-8H3,(H,65,74)(H,66,75)(H,67,77)(H,68,78)(H,69,81)(H,70,76)/t39-,43-,44-,47+,48+,49-,50-,51-,54+/m0/s1. The molecule has 7 rings (SSSR count). The predicted octanol–water partition coefficient (Wildman–Crippen LogP) is 5.54. The molecule has 2 aliphatic carbocycles. The largest absolute Gasteiger partial charge is 0.445 e. The van der Waals surface area contributed by atoms with E-state index < -0.39 is 89.1 Å². The van der Waals surface area contributed by atoms with E-state index in [2.05, 4.69) is 38.0 Å². The number of amides is 9. The van der Waals surface area contributed by atoms with Crippen molar-refractivity contribution in [3.63, 3.8) is 0 Å². The minimum absolute atomic E-state index is 0.00849. The quantitative estimate of drug-likeness (QED) is 0.0648. The summed E-state index contributed by atoms with van der Waals surface area (Å²) in [6.45, 7) is 12.2. The molecule has 2 saturated heterocycles. The number of hydrogen-bond donors (Lipinski definition) is 7. The molecule has 21 nitrogen and oxygen atoms in total. The molecule has 8 N–H and O–H groups in total. The molecule has 3 aromatic rings. The van der Waals surface area contributed by atoms with Crippen LogP contribution < -0.4 is 37.6 Å². The molecule has 0 bridgehead atoms. The van der Waals surface area contributed by atoms with Gasteiger partial charge < -0.3 is 56.9 Å². The van der Waals surface area contributed by atoms with Crippen molar-refractivity contribution in [3.05, 3.63) is 107 Å². The summed E-state index contributed by atoms with van der Waals surface area (Å²) >= 11 is 0. The van der Waals surface area contributed by atoms with Gasteiger partial charge in [0, 0.05) is 51.6 Å². The van der Waals surface area contributed by atoms with Crippen LogP contribution in [0.4, 0.5) is 9.59 Å². The maximum absolute atomic E-state index is 14.8. The van der Waals surface area contributed by atoms with Gasteiger partial charge in [-0.15, -0.1) is 0 Å². The van der Waals surface area contributed by atoms with E-state index in [0.29, 0.717) is 6.42 Å². The highest BCUT2D eigenvalue weighted by Crippen LogP contribution is 2.33. The fourth-order valence-electron chi connectivity index (χ4n) is 11.6. The first-order valence-electron chi connectivity index (χ1n) is 29.8. The third-order valence-electron chi connectivity index (χ3n) is 16.2. The van der Waals surface area contributed by atoms with Crippen molar-refractivity contribution in [2.45, 2.75) is 199 Å². The van der Waals surface area contributed by atoms with E-state index in [1.54, 1.807) is 53.7 Å². The zero-order valence-corrected chi connectivity index (χ0v) is 50.1. The van der Waals surface area contributed by atoms with E-state index in [9.17, 15) is 43.2 Å². The molecule has 9 amide bonds. The van der Waals surface area contributed by atoms with E-state index in [1.807, 2.05) is 60.7 Å². The minimum atomic E-state index is -1.14. The van der Waals surface area contributed by atoms with Gasteiger partial charge in [-0.2, -0.15) is 0 Å². The summed E-state index contributed by atoms with van der Waals surface area (Å²) < 4.78 is 11.0. The minimum Gasteiger partial charge on any atom is -0.445 e. The fourth-order valence-corrected chi connectivity index (χ4v) is 11.6. The molecular formula is C63H88N10O11. The number of nitrogens with one attached hydrogen (secondary N) is 6. The number of likely N-dealkylation sites (tertiary alicyclic amines) is 2. The number of nitrogens with zero attached hydrogens (tertiary/aromatic N) is 3. The molecule has 456 valence electrons. The zero-order chi connectivity index (χ0) is 60.9. The van der Waals surface area contributed by atoms with Gasteiger partial charge in [-0.3, -0.25) is 38.5 Å². The topological polar surface area (TPSA) is 280 Å². The maximum atomic E-state index is 14.8. The Hall–Kier alpha value is -7.55. The monoisotopic (exact) mass is 1160 g/mol. The van der Waals surface area contributed by atoms with Crippen molar-refractivity contribution < 1.29 is 52.6 Å². The number of ether oxygens (including phenoxy) is 2. The number of benzene rings is 3. The Kier molecular flexibility index (Phi) is 22.0. The molecule has 4 aliphatic rings. The summed E-state index contributed by atoms with van der Waals surface area (Å²) in [5.41, 5.74) is 9.87. The summed E-state index contributed by atoms with van der Waals surface area (Å²) in [6.07, 6.45) is 4.33. The molecule has 21 heteroatoms. The molecule has 2 aliphatic heterocycles. The summed E-state index contributed by atoms with van der Waals surface area (Å²) in [5, 5.41) is 17.8. The fraction of sp³-hybridized carbons (Fsp3) is 0.571. The summed E-state index contributed by atoms with van der Waals surface area (Å²) in [7, 11) is 1.44. The zero-order valence-electron chi connectivity index (χ0n) is 50.1. The smallest absolute Gasteiger partial charge is 0.410 e. The number of carbonyl (C=O) groups is 9. The lowest BCUT2D eigenvalue weighted by molar-refractivity contribution is -0.144. The molecule has 0 saturated carbocycles. The summed E-state index contributed by atoms with van der Waals surface area (Å²) in [5.74, 6) is -3.05. The van der Waals surface area contributed by atoms with Crippen molar-refractivity contribution in [1.29, 1.82) is 0 Å². The van der Waals surface area contributed by atoms with E-state index in [1.165, 1.54) is 29.3 Å². The number of carbonyl (C=O) groups excluding carboxylic acids is 9. The third-order valence-corrected chi connectivity index (χ3v) is 16.2. The Bertz CT molecular complexity index is 2840. The number of alkyl carbamates (subject to hydrolysis) is 1. The average Bonchev–Trinajstić information content (AvgIpc) is 4.25. The number of fused-ring (bicyclic) bond motifs is 2. The molecule has 0 radical (unpaired) electrons. The van der Waals surface area contributed by atoms with Crippen LogP contribution in [0.5, 0.6) is 0 Å². The van der Waals surface area contributed by atoms with Gasteiger partial charge in [0.2, 0.25) is 41.4 Å². The van der Waals surface area contributed by atoms with Gasteiger partial charge in [0.25, 0.3) is 0 Å². The molecule has 3 aromatic carbocycles. The highest BCUT2D eigenvalue weighted by molar-refractivity contribution is 5.95. The normalized spacial score (nSPS) is 21.2. The van der Waals surface area contributed by atoms with Crippen molar-refractivity contribution in [2.24, 2.45) is 11.1 Å². The Morgan fingerprint density at radius 2 is 1.24 bits per heavy atom. The third kappa shape index (κ3) is 17.5. The van der Waals surface area contributed by atoms with Crippen LogP contribution in [0, 0.1) is 5.41 Å². The molecule has 9 atom stereocenters. The van der Waals surface area contributed by atoms with E-state index in [0.717, 1.165) is 59.3 Å². The number of nitrogens with two attached hydrogens (primary N) is 1. The summed E-state index contributed by atoms with van der Waals surface area (Å²) in [4.78, 5) is 128. The SMILES string of the molecule is C[C@@H](C(=O)N[C@H](C(=O)N1C[C@@H](NC(=O)CCCC(=O)NCCC[C@H](NC(=O)OCc2ccccc2)C(=O)N2C[C@@H](N)C[C@H]2C(=O)N[C@@H]2CCCc3ccccc32)C[C@H]1C(=O)N[C@@H]1CCCc2ccccc21)C(C)(C)C)N(C)C(=O)OC(C)(C)C. The van der Waals surface area contributed by atoms with Crippen LogP contribution in [0.25, 0.3) is 0 Å². The first-order chi connectivity index (χ1) is 39.9. The van der Waals surface area contributed by atoms with Crippen molar-refractivity contribution in [1.82, 2.24) is 46.6 Å². The Morgan fingerprint density at radius 3 is 1.83 bits per heavy atom. The second kappa shape index (κ2) is 28.8. The van der Waals surface area contributed by atoms with Gasteiger partial charge in [0.15, 0.2) is 0 Å². The second-order valence-electron chi connectivity index (χ2n) is 25.0. The van der Waals surface area contributed by atoms with Gasteiger partial charge in [-0.05, 0) is 132 Å². The molecule has 2 fully saturated rings. The molecule has 0 spiro atoms. The lowest BCUT2D eigenvalue weighted by atomic mass is 9.85. The highest BCUT2D eigenvalue weighted by Gasteiger charge is 2.47. The van der Waals surface area contributed by atoms with Crippen LogP contribution in [-0.2, 0) is 62.5 Å². The molecule has 0 aromatic heterocycles. The van der Waals surface area contributed by atoms with Crippen molar-refractivity contribution >= 4 is 53.5 Å². The van der Waals surface area contributed by atoms with Gasteiger partial charge in [-0.1, -0.05) is 99.6 Å². The van der Waals surface area contributed by atoms with Crippen molar-refractivity contribution in [2.75, 3.05) is 26.7 Å². The molecule has 2 heterocycles. The number of likely N-dealkylation sites (N-methyl/N-ethyl adjacent to an activating group) is 1. The lowest BCUT2D eigenvalue weighted by Crippen LogP contribution is -2.60. The Balaban J connectivity index is 0.942. The Labute approximate surface area is 494 Å². The van der Waals surface area contributed by atoms with Crippen LogP contribution >= 0.6 is 0 Å².